The first-order chi connectivity index (χ1) is 14.8. The smallest absolute Gasteiger partial charge is 0.410 e. The van der Waals surface area contributed by atoms with Crippen LogP contribution in [-0.2, 0) is 16.1 Å². The van der Waals surface area contributed by atoms with Crippen LogP contribution in [0, 0.1) is 17.8 Å². The van der Waals surface area contributed by atoms with E-state index in [0.29, 0.717) is 24.4 Å². The van der Waals surface area contributed by atoms with Crippen molar-refractivity contribution in [2.45, 2.75) is 51.9 Å². The lowest BCUT2D eigenvalue weighted by Gasteiger charge is -2.34. The van der Waals surface area contributed by atoms with Gasteiger partial charge in [0.15, 0.2) is 0 Å². The van der Waals surface area contributed by atoms with Crippen molar-refractivity contribution in [2.24, 2.45) is 17.8 Å². The van der Waals surface area contributed by atoms with Crippen LogP contribution in [0.2, 0.25) is 0 Å². The number of benzene rings is 1. The standard InChI is InChI=1S/C24H35N3O4/c1-24(2,3)31-22(28)25-21-19-14-26(15-20(19)21)13-17-9-11-27(12-10-17)23(29)30-16-18-7-5-4-6-8-18/h4-8,17,19-21H,9-16H2,1-3H3,(H,25,28)/t19-,20+,21?. The van der Waals surface area contributed by atoms with Crippen LogP contribution in [0.15, 0.2) is 30.3 Å². The number of rotatable bonds is 5. The number of piperidine rings is 2. The normalized spacial score (nSPS) is 26.3. The predicted octanol–water partition coefficient (Wildman–Crippen LogP) is 3.49. The zero-order valence-electron chi connectivity index (χ0n) is 18.9. The van der Waals surface area contributed by atoms with Crippen LogP contribution in [0.4, 0.5) is 9.59 Å². The van der Waals surface area contributed by atoms with E-state index in [9.17, 15) is 9.59 Å². The summed E-state index contributed by atoms with van der Waals surface area (Å²) in [5.41, 5.74) is 0.556. The van der Waals surface area contributed by atoms with Gasteiger partial charge in [0.05, 0.1) is 0 Å². The summed E-state index contributed by atoms with van der Waals surface area (Å²) in [7, 11) is 0. The van der Waals surface area contributed by atoms with E-state index in [1.54, 1.807) is 0 Å². The number of amides is 2. The van der Waals surface area contributed by atoms with Crippen molar-refractivity contribution in [3.05, 3.63) is 35.9 Å². The van der Waals surface area contributed by atoms with Crippen molar-refractivity contribution >= 4 is 12.2 Å². The second kappa shape index (κ2) is 9.07. The Morgan fingerprint density at radius 1 is 1.06 bits per heavy atom. The molecule has 1 aliphatic carbocycles. The van der Waals surface area contributed by atoms with Crippen LogP contribution in [0.1, 0.15) is 39.2 Å². The first-order valence-electron chi connectivity index (χ1n) is 11.5. The molecule has 0 spiro atoms. The topological polar surface area (TPSA) is 71.1 Å². The molecule has 2 saturated heterocycles. The van der Waals surface area contributed by atoms with Crippen molar-refractivity contribution in [1.82, 2.24) is 15.1 Å². The number of likely N-dealkylation sites (tertiary alicyclic amines) is 2. The lowest BCUT2D eigenvalue weighted by molar-refractivity contribution is 0.0510. The van der Waals surface area contributed by atoms with Gasteiger partial charge in [-0.25, -0.2) is 9.59 Å². The van der Waals surface area contributed by atoms with Crippen LogP contribution >= 0.6 is 0 Å². The fourth-order valence-electron chi connectivity index (χ4n) is 4.89. The molecule has 0 aromatic heterocycles. The van der Waals surface area contributed by atoms with Gasteiger partial charge in [-0.3, -0.25) is 0 Å². The Kier molecular flexibility index (Phi) is 6.42. The number of nitrogens with one attached hydrogen (secondary N) is 1. The Bertz CT molecular complexity index is 759. The van der Waals surface area contributed by atoms with Gasteiger partial charge in [-0.1, -0.05) is 30.3 Å². The molecule has 1 unspecified atom stereocenters. The van der Waals surface area contributed by atoms with Gasteiger partial charge in [0, 0.05) is 38.8 Å². The molecule has 1 saturated carbocycles. The molecular weight excluding hydrogens is 394 g/mol. The third-order valence-electron chi connectivity index (χ3n) is 6.55. The van der Waals surface area contributed by atoms with E-state index < -0.39 is 5.60 Å². The van der Waals surface area contributed by atoms with Crippen molar-refractivity contribution in [3.8, 4) is 0 Å². The number of ether oxygens (including phenoxy) is 2. The Morgan fingerprint density at radius 2 is 1.71 bits per heavy atom. The maximum Gasteiger partial charge on any atom is 0.410 e. The van der Waals surface area contributed by atoms with E-state index in [4.69, 9.17) is 9.47 Å². The minimum atomic E-state index is -0.455. The van der Waals surface area contributed by atoms with E-state index in [0.717, 1.165) is 51.1 Å². The molecule has 2 aliphatic heterocycles. The monoisotopic (exact) mass is 429 g/mol. The number of fused-ring (bicyclic) bond motifs is 1. The number of alkyl carbamates (subject to hydrolysis) is 1. The number of hydrogen-bond acceptors (Lipinski definition) is 5. The summed E-state index contributed by atoms with van der Waals surface area (Å²) in [6.07, 6.45) is 1.53. The number of nitrogens with zero attached hydrogens (tertiary/aromatic N) is 2. The van der Waals surface area contributed by atoms with E-state index in [2.05, 4.69) is 10.2 Å². The molecule has 170 valence electrons. The molecule has 2 amide bonds. The summed E-state index contributed by atoms with van der Waals surface area (Å²) in [4.78, 5) is 28.7. The highest BCUT2D eigenvalue weighted by molar-refractivity contribution is 5.69. The van der Waals surface area contributed by atoms with Gasteiger partial charge in [-0.15, -0.1) is 0 Å². The number of carbonyl (C=O) groups excluding carboxylic acids is 2. The predicted molar refractivity (Wildman–Crippen MR) is 118 cm³/mol. The number of carbonyl (C=O) groups is 2. The maximum absolute atomic E-state index is 12.3. The summed E-state index contributed by atoms with van der Waals surface area (Å²) in [5, 5.41) is 3.03. The summed E-state index contributed by atoms with van der Waals surface area (Å²) in [5.74, 6) is 1.73. The second-order valence-corrected chi connectivity index (χ2v) is 10.2. The van der Waals surface area contributed by atoms with Gasteiger partial charge in [0.25, 0.3) is 0 Å². The Hall–Kier alpha value is -2.28. The average Bonchev–Trinajstić information content (AvgIpc) is 3.16. The zero-order chi connectivity index (χ0) is 22.0. The molecule has 0 radical (unpaired) electrons. The molecular formula is C24H35N3O4. The molecule has 1 aromatic carbocycles. The van der Waals surface area contributed by atoms with E-state index in [-0.39, 0.29) is 18.2 Å². The highest BCUT2D eigenvalue weighted by atomic mass is 16.6. The molecule has 3 atom stereocenters. The minimum Gasteiger partial charge on any atom is -0.445 e. The first-order valence-corrected chi connectivity index (χ1v) is 11.5. The lowest BCUT2D eigenvalue weighted by atomic mass is 9.96. The number of hydrogen-bond donors (Lipinski definition) is 1. The van der Waals surface area contributed by atoms with Gasteiger partial charge in [0.1, 0.15) is 12.2 Å². The second-order valence-electron chi connectivity index (χ2n) is 10.2. The summed E-state index contributed by atoms with van der Waals surface area (Å²) in [6.45, 7) is 10.7. The minimum absolute atomic E-state index is 0.208. The van der Waals surface area contributed by atoms with E-state index in [1.165, 1.54) is 0 Å². The molecule has 1 N–H and O–H groups in total. The Balaban J connectivity index is 1.11. The van der Waals surface area contributed by atoms with Crippen molar-refractivity contribution in [2.75, 3.05) is 32.7 Å². The molecule has 4 rings (SSSR count). The lowest BCUT2D eigenvalue weighted by Crippen LogP contribution is -2.43. The third kappa shape index (κ3) is 5.91. The molecule has 7 nitrogen and oxygen atoms in total. The molecule has 2 heterocycles. The van der Waals surface area contributed by atoms with Crippen LogP contribution in [0.3, 0.4) is 0 Å². The Morgan fingerprint density at radius 3 is 2.32 bits per heavy atom. The highest BCUT2D eigenvalue weighted by Gasteiger charge is 2.56. The third-order valence-corrected chi connectivity index (χ3v) is 6.55. The van der Waals surface area contributed by atoms with Gasteiger partial charge < -0.3 is 24.6 Å². The largest absolute Gasteiger partial charge is 0.445 e. The summed E-state index contributed by atoms with van der Waals surface area (Å²) < 4.78 is 10.8. The van der Waals surface area contributed by atoms with Crippen LogP contribution in [0.5, 0.6) is 0 Å². The SMILES string of the molecule is CC(C)(C)OC(=O)NC1[C@H]2CN(CC3CCN(C(=O)OCc4ccccc4)CC3)C[C@@H]12. The molecule has 3 fully saturated rings. The van der Waals surface area contributed by atoms with Gasteiger partial charge in [-0.2, -0.15) is 0 Å². The van der Waals surface area contributed by atoms with Crippen LogP contribution in [-0.4, -0.2) is 66.4 Å². The van der Waals surface area contributed by atoms with Gasteiger partial charge in [-0.05, 0) is 56.9 Å². The van der Waals surface area contributed by atoms with Crippen molar-refractivity contribution in [1.29, 1.82) is 0 Å². The quantitative estimate of drug-likeness (QED) is 0.776. The zero-order valence-corrected chi connectivity index (χ0v) is 18.9. The molecule has 7 heteroatoms. The summed E-state index contributed by atoms with van der Waals surface area (Å²) >= 11 is 0. The summed E-state index contributed by atoms with van der Waals surface area (Å²) in [6, 6.07) is 10.1. The first kappa shape index (κ1) is 21.9. The molecule has 0 bridgehead atoms. The average molecular weight is 430 g/mol. The molecule has 31 heavy (non-hydrogen) atoms. The van der Waals surface area contributed by atoms with E-state index in [1.807, 2.05) is 56.0 Å². The Labute approximate surface area is 185 Å². The molecule has 3 aliphatic rings. The van der Waals surface area contributed by atoms with Crippen LogP contribution < -0.4 is 5.32 Å². The fraction of sp³-hybridized carbons (Fsp3) is 0.667. The van der Waals surface area contributed by atoms with Gasteiger partial charge >= 0.3 is 12.2 Å². The fourth-order valence-corrected chi connectivity index (χ4v) is 4.89. The van der Waals surface area contributed by atoms with Gasteiger partial charge in [0.2, 0.25) is 0 Å². The maximum atomic E-state index is 12.3. The van der Waals surface area contributed by atoms with E-state index >= 15 is 0 Å². The van der Waals surface area contributed by atoms with Crippen LogP contribution in [0.25, 0.3) is 0 Å². The highest BCUT2D eigenvalue weighted by Crippen LogP contribution is 2.46. The van der Waals surface area contributed by atoms with Crippen molar-refractivity contribution < 1.29 is 19.1 Å². The van der Waals surface area contributed by atoms with Crippen molar-refractivity contribution in [3.63, 3.8) is 0 Å². The molecule has 1 aromatic rings.